The van der Waals surface area contributed by atoms with Gasteiger partial charge < -0.3 is 5.11 Å². The minimum Gasteiger partial charge on any atom is -0.376 e. The summed E-state index contributed by atoms with van der Waals surface area (Å²) in [7, 11) is 0. The summed E-state index contributed by atoms with van der Waals surface area (Å²) in [5.41, 5.74) is -3.24. The lowest BCUT2D eigenvalue weighted by molar-refractivity contribution is -0.231. The molecule has 0 spiro atoms. The van der Waals surface area contributed by atoms with Crippen molar-refractivity contribution >= 4 is 28.1 Å². The highest BCUT2D eigenvalue weighted by Gasteiger charge is 2.58. The van der Waals surface area contributed by atoms with E-state index in [1.54, 1.807) is 97.9 Å². The first-order chi connectivity index (χ1) is 15.3. The first-order valence-electron chi connectivity index (χ1n) is 10.5. The molecule has 0 radical (unpaired) electrons. The van der Waals surface area contributed by atoms with Gasteiger partial charge in [-0.25, -0.2) is 0 Å². The monoisotopic (exact) mass is 455 g/mol. The molecular formula is C26H25F3NOP. The van der Waals surface area contributed by atoms with Gasteiger partial charge in [-0.1, -0.05) is 111 Å². The Morgan fingerprint density at radius 1 is 0.812 bits per heavy atom. The summed E-state index contributed by atoms with van der Waals surface area (Å²) in [5.74, 6) is 0. The number of aliphatic hydroxyl groups is 1. The van der Waals surface area contributed by atoms with Crippen LogP contribution in [0.15, 0.2) is 91.0 Å². The summed E-state index contributed by atoms with van der Waals surface area (Å²) in [6.45, 7) is -1.58. The molecule has 0 saturated carbocycles. The molecule has 0 heterocycles. The molecular weight excluding hydrogens is 430 g/mol. The van der Waals surface area contributed by atoms with Gasteiger partial charge in [-0.3, -0.25) is 0 Å². The Balaban J connectivity index is 2.64. The van der Waals surface area contributed by atoms with Crippen LogP contribution in [0, 0.1) is 11.3 Å². The van der Waals surface area contributed by atoms with Gasteiger partial charge in [0, 0.05) is 0 Å². The highest BCUT2D eigenvalue weighted by molar-refractivity contribution is 7.95. The number of nitriles is 1. The molecule has 0 bridgehead atoms. The topological polar surface area (TPSA) is 44.0 Å². The van der Waals surface area contributed by atoms with Crippen molar-refractivity contribution in [2.75, 3.05) is 0 Å². The van der Waals surface area contributed by atoms with Gasteiger partial charge in [-0.05, 0) is 29.2 Å². The van der Waals surface area contributed by atoms with E-state index in [1.165, 1.54) is 0 Å². The Labute approximate surface area is 186 Å². The van der Waals surface area contributed by atoms with E-state index in [0.717, 1.165) is 0 Å². The van der Waals surface area contributed by atoms with E-state index in [-0.39, 0.29) is 6.42 Å². The molecule has 1 N–H and O–H groups in total. The van der Waals surface area contributed by atoms with E-state index in [4.69, 9.17) is 0 Å². The minimum atomic E-state index is -5.00. The lowest BCUT2D eigenvalue weighted by Gasteiger charge is -2.38. The van der Waals surface area contributed by atoms with Gasteiger partial charge in [0.25, 0.3) is 0 Å². The number of nitrogens with zero attached hydrogens (tertiary/aromatic N) is 1. The van der Waals surface area contributed by atoms with Crippen LogP contribution in [0.1, 0.15) is 26.2 Å². The second-order valence-electron chi connectivity index (χ2n) is 7.60. The summed E-state index contributed by atoms with van der Waals surface area (Å²) >= 11 is 0. The van der Waals surface area contributed by atoms with Crippen molar-refractivity contribution in [1.82, 2.24) is 0 Å². The van der Waals surface area contributed by atoms with E-state index >= 15 is 0 Å². The van der Waals surface area contributed by atoms with Crippen molar-refractivity contribution in [2.24, 2.45) is 0 Å². The summed E-state index contributed by atoms with van der Waals surface area (Å²) in [6, 6.07) is 28.3. The Bertz CT molecular complexity index is 1020. The third-order valence-electron chi connectivity index (χ3n) is 5.62. The van der Waals surface area contributed by atoms with E-state index in [0.29, 0.717) is 22.3 Å². The molecule has 2 nitrogen and oxygen atoms in total. The van der Waals surface area contributed by atoms with Crippen molar-refractivity contribution in [3.63, 3.8) is 0 Å². The molecule has 0 saturated heterocycles. The van der Waals surface area contributed by atoms with Crippen molar-refractivity contribution in [3.05, 3.63) is 91.0 Å². The van der Waals surface area contributed by atoms with E-state index in [2.05, 4.69) is 0 Å². The summed E-state index contributed by atoms with van der Waals surface area (Å²) < 4.78 is 43.6. The fourth-order valence-corrected chi connectivity index (χ4v) is 8.53. The van der Waals surface area contributed by atoms with Crippen LogP contribution in [-0.2, 0) is 0 Å². The average Bonchev–Trinajstić information content (AvgIpc) is 2.82. The van der Waals surface area contributed by atoms with E-state index < -0.39 is 30.4 Å². The van der Waals surface area contributed by atoms with Crippen molar-refractivity contribution < 1.29 is 18.3 Å². The third kappa shape index (κ3) is 4.13. The average molecular weight is 455 g/mol. The number of alkyl halides is 3. The number of unbranched alkanes of at least 4 members (excludes halogenated alkanes) is 1. The van der Waals surface area contributed by atoms with Gasteiger partial charge in [0.15, 0.2) is 5.60 Å². The molecule has 32 heavy (non-hydrogen) atoms. The third-order valence-corrected chi connectivity index (χ3v) is 9.98. The fraction of sp³-hybridized carbons (Fsp3) is 0.231. The molecule has 3 aromatic carbocycles. The van der Waals surface area contributed by atoms with Crippen LogP contribution in [-0.4, -0.2) is 22.2 Å². The quantitative estimate of drug-likeness (QED) is 0.500. The van der Waals surface area contributed by atoms with Gasteiger partial charge in [0.2, 0.25) is 0 Å². The smallest absolute Gasteiger partial charge is 0.376 e. The van der Waals surface area contributed by atoms with Gasteiger partial charge >= 0.3 is 6.18 Å². The summed E-state index contributed by atoms with van der Waals surface area (Å²) in [6.07, 6.45) is -4.97. The highest BCUT2D eigenvalue weighted by Crippen LogP contribution is 2.51. The van der Waals surface area contributed by atoms with E-state index in [1.807, 2.05) is 6.07 Å². The van der Waals surface area contributed by atoms with Crippen LogP contribution >= 0.6 is 6.89 Å². The molecule has 0 aliphatic carbocycles. The molecule has 0 amide bonds. The van der Waals surface area contributed by atoms with Crippen LogP contribution in [0.25, 0.3) is 0 Å². The van der Waals surface area contributed by atoms with Crippen LogP contribution < -0.4 is 15.9 Å². The van der Waals surface area contributed by atoms with Crippen LogP contribution in [0.2, 0.25) is 0 Å². The van der Waals surface area contributed by atoms with Gasteiger partial charge in [-0.2, -0.15) is 18.4 Å². The molecule has 0 aliphatic heterocycles. The predicted molar refractivity (Wildman–Crippen MR) is 126 cm³/mol. The van der Waals surface area contributed by atoms with Gasteiger partial charge in [0.1, 0.15) is 0 Å². The number of hydrogen-bond acceptors (Lipinski definition) is 2. The number of rotatable bonds is 7. The molecule has 0 aliphatic rings. The molecule has 3 aromatic rings. The summed E-state index contributed by atoms with van der Waals surface area (Å²) in [5, 5.41) is 22.9. The van der Waals surface area contributed by atoms with Crippen molar-refractivity contribution in [2.45, 2.75) is 38.0 Å². The number of benzene rings is 3. The zero-order valence-electron chi connectivity index (χ0n) is 17.8. The Morgan fingerprint density at radius 3 is 1.47 bits per heavy atom. The molecule has 1 unspecified atom stereocenters. The standard InChI is InChI=1S/C26H25F3NOP/c1-2-3-19-25(31,26(27,28)29)24(20-30)32(21-13-7-4-8-14-21,22-15-9-5-10-16-22)23-17-11-6-12-18-23/h4-18,31H,2-3,19H2,1H3. The minimum absolute atomic E-state index is 0.138. The highest BCUT2D eigenvalue weighted by atomic mass is 31.2. The maximum Gasteiger partial charge on any atom is 0.422 e. The largest absolute Gasteiger partial charge is 0.422 e. The van der Waals surface area contributed by atoms with Crippen molar-refractivity contribution in [1.29, 1.82) is 5.26 Å². The number of hydrogen-bond donors (Lipinski definition) is 1. The Kier molecular flexibility index (Phi) is 7.29. The summed E-state index contributed by atoms with van der Waals surface area (Å²) in [4.78, 5) is 0. The molecule has 0 aromatic heterocycles. The Morgan fingerprint density at radius 2 is 1.19 bits per heavy atom. The maximum atomic E-state index is 14.5. The van der Waals surface area contributed by atoms with Crippen LogP contribution in [0.3, 0.4) is 0 Å². The molecule has 3 rings (SSSR count). The van der Waals surface area contributed by atoms with Gasteiger partial charge in [-0.15, -0.1) is 0 Å². The molecule has 6 heteroatoms. The SMILES string of the molecule is CCCCC(O)(C(C#N)=P(c1ccccc1)(c1ccccc1)c1ccccc1)C(F)(F)F. The molecule has 166 valence electrons. The van der Waals surface area contributed by atoms with Gasteiger partial charge in [0.05, 0.1) is 11.4 Å². The molecule has 1 atom stereocenters. The van der Waals surface area contributed by atoms with E-state index in [9.17, 15) is 23.5 Å². The second kappa shape index (κ2) is 9.77. The Hall–Kier alpha value is -2.80. The fourth-order valence-electron chi connectivity index (χ4n) is 4.06. The zero-order chi connectivity index (χ0) is 23.2. The predicted octanol–water partition coefficient (Wildman–Crippen LogP) is 5.16. The molecule has 0 fully saturated rings. The number of halogens is 3. The van der Waals surface area contributed by atoms with Crippen LogP contribution in [0.5, 0.6) is 0 Å². The first-order valence-corrected chi connectivity index (χ1v) is 12.2. The lowest BCUT2D eigenvalue weighted by atomic mass is 9.93. The normalized spacial score (nSPS) is 13.8. The maximum absolute atomic E-state index is 14.5. The second-order valence-corrected chi connectivity index (χ2v) is 10.9. The first kappa shape index (κ1) is 23.9. The van der Waals surface area contributed by atoms with Crippen LogP contribution in [0.4, 0.5) is 13.2 Å². The lowest BCUT2D eigenvalue weighted by Crippen LogP contribution is -2.54. The zero-order valence-corrected chi connectivity index (χ0v) is 18.7. The van der Waals surface area contributed by atoms with Crippen molar-refractivity contribution in [3.8, 4) is 6.07 Å².